The first-order valence-corrected chi connectivity index (χ1v) is 7.61. The normalized spacial score (nSPS) is 26.6. The van der Waals surface area contributed by atoms with Crippen molar-refractivity contribution in [3.63, 3.8) is 0 Å². The first kappa shape index (κ1) is 12.3. The standard InChI is InChI=1S/C13H19N3OS/c17-12(13-15-4-7-18-13)10-2-1-5-16(6-3-10)11-8-14-9-11/h4,7,10-11,14H,1-3,5-6,8-9H2. The summed E-state index contributed by atoms with van der Waals surface area (Å²) < 4.78 is 0. The molecule has 2 fully saturated rings. The van der Waals surface area contributed by atoms with Crippen molar-refractivity contribution in [3.05, 3.63) is 16.6 Å². The van der Waals surface area contributed by atoms with Crippen LogP contribution < -0.4 is 5.32 Å². The van der Waals surface area contributed by atoms with Crippen molar-refractivity contribution < 1.29 is 4.79 Å². The van der Waals surface area contributed by atoms with Gasteiger partial charge in [0.1, 0.15) is 0 Å². The number of nitrogens with zero attached hydrogens (tertiary/aromatic N) is 2. The van der Waals surface area contributed by atoms with Crippen molar-refractivity contribution in [2.24, 2.45) is 5.92 Å². The number of nitrogens with one attached hydrogen (secondary N) is 1. The third-order valence-electron chi connectivity index (χ3n) is 4.05. The lowest BCUT2D eigenvalue weighted by atomic mass is 9.96. The van der Waals surface area contributed by atoms with Gasteiger partial charge in [0.05, 0.1) is 0 Å². The summed E-state index contributed by atoms with van der Waals surface area (Å²) in [6.45, 7) is 4.44. The Labute approximate surface area is 111 Å². The Morgan fingerprint density at radius 1 is 1.39 bits per heavy atom. The number of aromatic nitrogens is 1. The summed E-state index contributed by atoms with van der Waals surface area (Å²) in [6, 6.07) is 0.707. The van der Waals surface area contributed by atoms with Gasteiger partial charge in [-0.05, 0) is 32.4 Å². The molecule has 5 heteroatoms. The molecule has 1 unspecified atom stereocenters. The molecule has 1 aromatic heterocycles. The topological polar surface area (TPSA) is 45.2 Å². The van der Waals surface area contributed by atoms with Crippen LogP contribution in [0.2, 0.25) is 0 Å². The number of hydrogen-bond donors (Lipinski definition) is 1. The van der Waals surface area contributed by atoms with Gasteiger partial charge in [0.15, 0.2) is 10.8 Å². The molecule has 0 radical (unpaired) electrons. The fraction of sp³-hybridized carbons (Fsp3) is 0.692. The second-order valence-corrected chi connectivity index (χ2v) is 6.07. The van der Waals surface area contributed by atoms with Crippen LogP contribution in [0, 0.1) is 5.92 Å². The second-order valence-electron chi connectivity index (χ2n) is 5.18. The van der Waals surface area contributed by atoms with Crippen LogP contribution in [-0.2, 0) is 0 Å². The maximum absolute atomic E-state index is 12.3. The minimum atomic E-state index is 0.189. The average Bonchev–Trinajstić information content (AvgIpc) is 2.74. The Hall–Kier alpha value is -0.780. The van der Waals surface area contributed by atoms with Crippen molar-refractivity contribution in [2.75, 3.05) is 26.2 Å². The molecule has 0 spiro atoms. The molecule has 0 saturated carbocycles. The van der Waals surface area contributed by atoms with E-state index in [2.05, 4.69) is 15.2 Å². The highest BCUT2D eigenvalue weighted by molar-refractivity contribution is 7.11. The molecular weight excluding hydrogens is 246 g/mol. The molecule has 0 aromatic carbocycles. The zero-order valence-corrected chi connectivity index (χ0v) is 11.3. The largest absolute Gasteiger partial charge is 0.314 e. The van der Waals surface area contributed by atoms with Gasteiger partial charge < -0.3 is 5.32 Å². The third-order valence-corrected chi connectivity index (χ3v) is 4.84. The van der Waals surface area contributed by atoms with Crippen LogP contribution in [0.4, 0.5) is 0 Å². The molecule has 0 aliphatic carbocycles. The number of hydrogen-bond acceptors (Lipinski definition) is 5. The lowest BCUT2D eigenvalue weighted by molar-refractivity contribution is 0.0902. The van der Waals surface area contributed by atoms with Gasteiger partial charge in [0.2, 0.25) is 0 Å². The van der Waals surface area contributed by atoms with Crippen LogP contribution in [0.15, 0.2) is 11.6 Å². The first-order chi connectivity index (χ1) is 8.84. The monoisotopic (exact) mass is 265 g/mol. The van der Waals surface area contributed by atoms with Crippen molar-refractivity contribution in [1.82, 2.24) is 15.2 Å². The molecule has 2 saturated heterocycles. The molecule has 2 aliphatic rings. The van der Waals surface area contributed by atoms with Gasteiger partial charge in [-0.3, -0.25) is 9.69 Å². The fourth-order valence-electron chi connectivity index (χ4n) is 2.80. The van der Waals surface area contributed by atoms with Gasteiger partial charge >= 0.3 is 0 Å². The number of likely N-dealkylation sites (tertiary alicyclic amines) is 1. The van der Waals surface area contributed by atoms with E-state index in [0.717, 1.165) is 45.4 Å². The summed E-state index contributed by atoms with van der Waals surface area (Å²) in [6.07, 6.45) is 4.88. The third kappa shape index (κ3) is 2.48. The molecule has 2 aliphatic heterocycles. The van der Waals surface area contributed by atoms with E-state index in [0.29, 0.717) is 11.0 Å². The Morgan fingerprint density at radius 2 is 2.28 bits per heavy atom. The average molecular weight is 265 g/mol. The number of carbonyl (C=O) groups is 1. The van der Waals surface area contributed by atoms with Gasteiger partial charge in [0.25, 0.3) is 0 Å². The summed E-state index contributed by atoms with van der Waals surface area (Å²) >= 11 is 1.47. The Morgan fingerprint density at radius 3 is 2.94 bits per heavy atom. The summed E-state index contributed by atoms with van der Waals surface area (Å²) in [4.78, 5) is 19.0. The maximum atomic E-state index is 12.3. The van der Waals surface area contributed by atoms with E-state index in [-0.39, 0.29) is 11.7 Å². The van der Waals surface area contributed by atoms with Crippen LogP contribution in [-0.4, -0.2) is 47.9 Å². The lowest BCUT2D eigenvalue weighted by Crippen LogP contribution is -2.57. The highest BCUT2D eigenvalue weighted by Crippen LogP contribution is 2.24. The minimum Gasteiger partial charge on any atom is -0.314 e. The SMILES string of the molecule is O=C(c1nccs1)C1CCCN(C2CNC2)CC1. The Balaban J connectivity index is 1.60. The van der Waals surface area contributed by atoms with Crippen LogP contribution in [0.1, 0.15) is 29.1 Å². The highest BCUT2D eigenvalue weighted by Gasteiger charge is 2.30. The van der Waals surface area contributed by atoms with Gasteiger partial charge in [0, 0.05) is 36.6 Å². The van der Waals surface area contributed by atoms with Gasteiger partial charge in [-0.1, -0.05) is 0 Å². The van der Waals surface area contributed by atoms with E-state index >= 15 is 0 Å². The number of carbonyl (C=O) groups excluding carboxylic acids is 1. The number of thiazole rings is 1. The number of Topliss-reactive ketones (excluding diaryl/α,β-unsaturated/α-hetero) is 1. The molecule has 98 valence electrons. The number of ketones is 1. The summed E-state index contributed by atoms with van der Waals surface area (Å²) in [7, 11) is 0. The fourth-order valence-corrected chi connectivity index (χ4v) is 3.45. The summed E-state index contributed by atoms with van der Waals surface area (Å²) in [5.74, 6) is 0.452. The molecule has 4 nitrogen and oxygen atoms in total. The number of rotatable bonds is 3. The quantitative estimate of drug-likeness (QED) is 0.839. The molecule has 1 N–H and O–H groups in total. The predicted molar refractivity (Wildman–Crippen MR) is 72.0 cm³/mol. The molecule has 1 aromatic rings. The maximum Gasteiger partial charge on any atom is 0.194 e. The molecule has 18 heavy (non-hydrogen) atoms. The van der Waals surface area contributed by atoms with Crippen LogP contribution in [0.3, 0.4) is 0 Å². The summed E-state index contributed by atoms with van der Waals surface area (Å²) in [5.41, 5.74) is 0. The zero-order chi connectivity index (χ0) is 12.4. The lowest BCUT2D eigenvalue weighted by Gasteiger charge is -2.37. The molecule has 1 atom stereocenters. The van der Waals surface area contributed by atoms with E-state index in [4.69, 9.17) is 0 Å². The smallest absolute Gasteiger partial charge is 0.194 e. The first-order valence-electron chi connectivity index (χ1n) is 6.73. The minimum absolute atomic E-state index is 0.189. The van der Waals surface area contributed by atoms with E-state index in [1.165, 1.54) is 11.3 Å². The Kier molecular flexibility index (Phi) is 3.72. The van der Waals surface area contributed by atoms with Gasteiger partial charge in [-0.2, -0.15) is 0 Å². The molecule has 0 bridgehead atoms. The van der Waals surface area contributed by atoms with Crippen molar-refractivity contribution >= 4 is 17.1 Å². The van der Waals surface area contributed by atoms with Crippen LogP contribution >= 0.6 is 11.3 Å². The van der Waals surface area contributed by atoms with Crippen LogP contribution in [0.5, 0.6) is 0 Å². The van der Waals surface area contributed by atoms with E-state index in [1.54, 1.807) is 6.20 Å². The van der Waals surface area contributed by atoms with Gasteiger partial charge in [-0.25, -0.2) is 4.98 Å². The van der Waals surface area contributed by atoms with Crippen molar-refractivity contribution in [2.45, 2.75) is 25.3 Å². The van der Waals surface area contributed by atoms with E-state index in [1.807, 2.05) is 5.38 Å². The van der Waals surface area contributed by atoms with Crippen molar-refractivity contribution in [1.29, 1.82) is 0 Å². The second kappa shape index (κ2) is 5.47. The molecule has 3 rings (SSSR count). The Bertz CT molecular complexity index is 402. The molecule has 3 heterocycles. The summed E-state index contributed by atoms with van der Waals surface area (Å²) in [5, 5.41) is 5.90. The zero-order valence-electron chi connectivity index (χ0n) is 10.5. The molecule has 0 amide bonds. The molecular formula is C13H19N3OS. The van der Waals surface area contributed by atoms with Gasteiger partial charge in [-0.15, -0.1) is 11.3 Å². The van der Waals surface area contributed by atoms with E-state index in [9.17, 15) is 4.79 Å². The van der Waals surface area contributed by atoms with E-state index < -0.39 is 0 Å². The highest BCUT2D eigenvalue weighted by atomic mass is 32.1. The van der Waals surface area contributed by atoms with Crippen LogP contribution in [0.25, 0.3) is 0 Å². The predicted octanol–water partition coefficient (Wildman–Crippen LogP) is 1.40. The van der Waals surface area contributed by atoms with Crippen molar-refractivity contribution in [3.8, 4) is 0 Å².